The van der Waals surface area contributed by atoms with Gasteiger partial charge in [0.05, 0.1) is 19.3 Å². The fraction of sp³-hybridized carbons (Fsp3) is 0.300. The van der Waals surface area contributed by atoms with Crippen LogP contribution in [0.5, 0.6) is 0 Å². The lowest BCUT2D eigenvalue weighted by molar-refractivity contribution is 0.00880. The summed E-state index contributed by atoms with van der Waals surface area (Å²) in [5.41, 5.74) is 1.32. The van der Waals surface area contributed by atoms with E-state index in [1.54, 1.807) is 24.3 Å². The van der Waals surface area contributed by atoms with Crippen LogP contribution in [0.4, 0.5) is 20.6 Å². The summed E-state index contributed by atoms with van der Waals surface area (Å²) >= 11 is 5.32. The molecule has 1 amide bonds. The Morgan fingerprint density at radius 3 is 2.41 bits per heavy atom. The van der Waals surface area contributed by atoms with Crippen LogP contribution < -0.4 is 16.0 Å². The molecule has 0 saturated carbocycles. The number of hydrogen-bond donors (Lipinski definition) is 3. The quantitative estimate of drug-likeness (QED) is 0.660. The molecule has 2 aliphatic rings. The fourth-order valence-corrected chi connectivity index (χ4v) is 3.63. The lowest BCUT2D eigenvalue weighted by atomic mass is 10.1. The molecular weight excluding hydrogens is 397 g/mol. The Hall–Kier alpha value is -2.75. The Labute approximate surface area is 172 Å². The van der Waals surface area contributed by atoms with Crippen LogP contribution in [0, 0.1) is 5.82 Å². The summed E-state index contributed by atoms with van der Waals surface area (Å²) in [5, 5.41) is 9.19. The predicted octanol–water partition coefficient (Wildman–Crippen LogP) is 2.90. The van der Waals surface area contributed by atoms with E-state index in [1.165, 1.54) is 12.1 Å². The summed E-state index contributed by atoms with van der Waals surface area (Å²) in [6.45, 7) is 0.606. The van der Waals surface area contributed by atoms with Crippen LogP contribution >= 0.6 is 12.2 Å². The molecule has 4 atom stereocenters. The van der Waals surface area contributed by atoms with E-state index < -0.39 is 12.2 Å². The molecule has 29 heavy (non-hydrogen) atoms. The normalized spacial score (nSPS) is 25.1. The molecule has 2 heterocycles. The number of benzene rings is 2. The third-order valence-corrected chi connectivity index (χ3v) is 4.93. The Kier molecular flexibility index (Phi) is 5.89. The maximum absolute atomic E-state index is 13.0. The van der Waals surface area contributed by atoms with Gasteiger partial charge in [-0.05, 0) is 48.6 Å². The number of hydrogen-bond acceptors (Lipinski definition) is 5. The lowest BCUT2D eigenvalue weighted by Crippen LogP contribution is -2.46. The molecular formula is C20H20FN3O4S. The predicted molar refractivity (Wildman–Crippen MR) is 109 cm³/mol. The van der Waals surface area contributed by atoms with E-state index in [0.717, 1.165) is 0 Å². The molecule has 2 aliphatic heterocycles. The summed E-state index contributed by atoms with van der Waals surface area (Å²) in [5.74, 6) is -0.317. The highest BCUT2D eigenvalue weighted by atomic mass is 32.1. The van der Waals surface area contributed by atoms with Crippen molar-refractivity contribution in [2.75, 3.05) is 23.8 Å². The summed E-state index contributed by atoms with van der Waals surface area (Å²) < 4.78 is 30.1. The van der Waals surface area contributed by atoms with Crippen molar-refractivity contribution in [3.63, 3.8) is 0 Å². The van der Waals surface area contributed by atoms with Crippen molar-refractivity contribution in [3.05, 3.63) is 60.4 Å². The first kappa shape index (κ1) is 19.6. The summed E-state index contributed by atoms with van der Waals surface area (Å²) in [4.78, 5) is 12.1. The Bertz CT molecular complexity index is 868. The van der Waals surface area contributed by atoms with E-state index in [2.05, 4.69) is 16.0 Å². The first-order valence-corrected chi connectivity index (χ1v) is 9.58. The molecule has 0 aliphatic carbocycles. The van der Waals surface area contributed by atoms with Gasteiger partial charge in [-0.25, -0.2) is 9.18 Å². The molecule has 9 heteroatoms. The number of thiocarbonyl (C=S) groups is 1. The molecule has 0 radical (unpaired) electrons. The zero-order valence-electron chi connectivity index (χ0n) is 15.3. The average molecular weight is 417 g/mol. The van der Waals surface area contributed by atoms with Crippen LogP contribution in [-0.4, -0.2) is 48.8 Å². The van der Waals surface area contributed by atoms with Gasteiger partial charge in [-0.15, -0.1) is 0 Å². The van der Waals surface area contributed by atoms with E-state index in [4.69, 9.17) is 26.4 Å². The minimum atomic E-state index is -0.557. The molecule has 7 nitrogen and oxygen atoms in total. The number of halogens is 1. The van der Waals surface area contributed by atoms with Crippen molar-refractivity contribution < 1.29 is 23.4 Å². The molecule has 0 spiro atoms. The minimum absolute atomic E-state index is 0.189. The van der Waals surface area contributed by atoms with Crippen LogP contribution in [0.1, 0.15) is 0 Å². The summed E-state index contributed by atoms with van der Waals surface area (Å²) in [7, 11) is 0. The van der Waals surface area contributed by atoms with Crippen LogP contribution in [0.15, 0.2) is 54.6 Å². The number of amides is 1. The molecule has 3 N–H and O–H groups in total. The number of rotatable bonds is 4. The number of fused-ring (bicyclic) bond motifs is 1. The highest BCUT2D eigenvalue weighted by molar-refractivity contribution is 7.80. The number of ether oxygens (including phenoxy) is 3. The molecule has 2 saturated heterocycles. The fourth-order valence-electron chi connectivity index (χ4n) is 3.36. The Morgan fingerprint density at radius 1 is 0.966 bits per heavy atom. The van der Waals surface area contributed by atoms with Crippen LogP contribution in [0.3, 0.4) is 0 Å². The molecule has 0 aromatic heterocycles. The Balaban J connectivity index is 1.27. The second-order valence-electron chi connectivity index (χ2n) is 6.74. The SMILES string of the molecule is O=C(Nc1ccccc1)O[C@H]1CO[C@@H]2[C@@H]1OC[C@@H]2NC(=S)Nc1ccc(F)cc1. The molecule has 0 bridgehead atoms. The zero-order valence-corrected chi connectivity index (χ0v) is 16.2. The van der Waals surface area contributed by atoms with E-state index >= 15 is 0 Å². The molecule has 2 aromatic rings. The number of carbonyl (C=O) groups excluding carboxylic acids is 1. The minimum Gasteiger partial charge on any atom is -0.441 e. The zero-order chi connectivity index (χ0) is 20.2. The maximum atomic E-state index is 13.0. The van der Waals surface area contributed by atoms with Gasteiger partial charge in [0.25, 0.3) is 0 Å². The molecule has 4 rings (SSSR count). The van der Waals surface area contributed by atoms with Gasteiger partial charge in [-0.2, -0.15) is 0 Å². The maximum Gasteiger partial charge on any atom is 0.412 e. The second kappa shape index (κ2) is 8.73. The largest absolute Gasteiger partial charge is 0.441 e. The van der Waals surface area contributed by atoms with Crippen molar-refractivity contribution in [1.82, 2.24) is 5.32 Å². The van der Waals surface area contributed by atoms with Gasteiger partial charge < -0.3 is 24.8 Å². The third-order valence-electron chi connectivity index (χ3n) is 4.71. The van der Waals surface area contributed by atoms with Crippen molar-refractivity contribution in [3.8, 4) is 0 Å². The number of para-hydroxylation sites is 1. The van der Waals surface area contributed by atoms with Gasteiger partial charge in [-0.3, -0.25) is 5.32 Å². The monoisotopic (exact) mass is 417 g/mol. The molecule has 2 aromatic carbocycles. The van der Waals surface area contributed by atoms with Gasteiger partial charge in [0, 0.05) is 11.4 Å². The van der Waals surface area contributed by atoms with Gasteiger partial charge in [0.15, 0.2) is 11.2 Å². The summed E-state index contributed by atoms with van der Waals surface area (Å²) in [6.07, 6.45) is -1.73. The van der Waals surface area contributed by atoms with Gasteiger partial charge in [0.2, 0.25) is 0 Å². The molecule has 152 valence electrons. The van der Waals surface area contributed by atoms with Gasteiger partial charge in [-0.1, -0.05) is 18.2 Å². The van der Waals surface area contributed by atoms with Crippen molar-refractivity contribution in [2.45, 2.75) is 24.4 Å². The van der Waals surface area contributed by atoms with Crippen molar-refractivity contribution in [1.29, 1.82) is 0 Å². The highest BCUT2D eigenvalue weighted by Crippen LogP contribution is 2.29. The first-order chi connectivity index (χ1) is 14.1. The van der Waals surface area contributed by atoms with E-state index in [1.807, 2.05) is 18.2 Å². The topological polar surface area (TPSA) is 80.9 Å². The second-order valence-corrected chi connectivity index (χ2v) is 7.15. The van der Waals surface area contributed by atoms with Crippen LogP contribution in [0.2, 0.25) is 0 Å². The van der Waals surface area contributed by atoms with Crippen molar-refractivity contribution >= 4 is 34.8 Å². The molecule has 2 fully saturated rings. The van der Waals surface area contributed by atoms with Crippen molar-refractivity contribution in [2.24, 2.45) is 0 Å². The van der Waals surface area contributed by atoms with Crippen LogP contribution in [0.25, 0.3) is 0 Å². The smallest absolute Gasteiger partial charge is 0.412 e. The van der Waals surface area contributed by atoms with Gasteiger partial charge >= 0.3 is 6.09 Å². The molecule has 0 unspecified atom stereocenters. The van der Waals surface area contributed by atoms with E-state index in [0.29, 0.717) is 23.1 Å². The summed E-state index contributed by atoms with van der Waals surface area (Å²) in [6, 6.07) is 14.8. The van der Waals surface area contributed by atoms with Crippen LogP contribution in [-0.2, 0) is 14.2 Å². The standard InChI is InChI=1S/C20H20FN3O4S/c21-12-6-8-14(9-7-12)22-19(29)24-15-10-26-18-16(11-27-17(15)18)28-20(25)23-13-4-2-1-3-5-13/h1-9,15-18H,10-11H2,(H,23,25)(H2,22,24,29)/t15-,16-,17-,18+/m0/s1. The van der Waals surface area contributed by atoms with E-state index in [9.17, 15) is 9.18 Å². The highest BCUT2D eigenvalue weighted by Gasteiger charge is 2.49. The number of nitrogens with one attached hydrogen (secondary N) is 3. The average Bonchev–Trinajstić information content (AvgIpc) is 3.28. The number of anilines is 2. The Morgan fingerprint density at radius 2 is 1.66 bits per heavy atom. The van der Waals surface area contributed by atoms with E-state index in [-0.39, 0.29) is 30.7 Å². The number of carbonyl (C=O) groups is 1. The third kappa shape index (κ3) is 4.81. The lowest BCUT2D eigenvalue weighted by Gasteiger charge is -2.20. The van der Waals surface area contributed by atoms with Gasteiger partial charge in [0.1, 0.15) is 18.0 Å². The first-order valence-electron chi connectivity index (χ1n) is 9.17.